The van der Waals surface area contributed by atoms with Crippen LogP contribution in [-0.2, 0) is 20.1 Å². The molecule has 1 aromatic rings. The molecule has 1 saturated heterocycles. The largest absolute Gasteiger partial charge is 0.479 e. The zero-order valence-corrected chi connectivity index (χ0v) is 9.15. The van der Waals surface area contributed by atoms with Gasteiger partial charge in [-0.1, -0.05) is 42.1 Å². The second-order valence-corrected chi connectivity index (χ2v) is 4.39. The lowest BCUT2D eigenvalue weighted by molar-refractivity contribution is -0.138. The Bertz CT molecular complexity index is 404. The molecule has 16 heavy (non-hydrogen) atoms. The number of carbonyl (C=O) groups is 2. The third-order valence-electron chi connectivity index (χ3n) is 2.19. The Hall–Kier alpha value is -1.33. The van der Waals surface area contributed by atoms with Crippen molar-refractivity contribution >= 4 is 22.8 Å². The van der Waals surface area contributed by atoms with Crippen LogP contribution in [0.3, 0.4) is 0 Å². The van der Waals surface area contributed by atoms with Crippen molar-refractivity contribution in [3.05, 3.63) is 35.9 Å². The number of carboxylic acid groups (broad SMARTS) is 1. The molecule has 1 aromatic carbocycles. The minimum atomic E-state index is -1.07. The van der Waals surface area contributed by atoms with Crippen LogP contribution in [0, 0.1) is 0 Å². The summed E-state index contributed by atoms with van der Waals surface area (Å²) in [5.74, 6) is -0.523. The van der Waals surface area contributed by atoms with Gasteiger partial charge in [-0.05, 0) is 5.56 Å². The molecule has 1 heterocycles. The lowest BCUT2D eigenvalue weighted by Crippen LogP contribution is -2.13. The number of epoxide rings is 1. The monoisotopic (exact) mass is 238 g/mol. The van der Waals surface area contributed by atoms with Gasteiger partial charge in [-0.2, -0.15) is 0 Å². The molecule has 2 atom stereocenters. The number of ether oxygens (including phenoxy) is 1. The van der Waals surface area contributed by atoms with E-state index in [-0.39, 0.29) is 5.12 Å². The molecule has 0 bridgehead atoms. The molecule has 2 rings (SSSR count). The van der Waals surface area contributed by atoms with E-state index in [1.165, 1.54) is 0 Å². The van der Waals surface area contributed by atoms with E-state index in [0.29, 0.717) is 5.75 Å². The topological polar surface area (TPSA) is 66.9 Å². The third-order valence-corrected chi connectivity index (χ3v) is 3.19. The van der Waals surface area contributed by atoms with Crippen LogP contribution in [0.15, 0.2) is 30.3 Å². The maximum absolute atomic E-state index is 11.5. The highest BCUT2D eigenvalue weighted by Gasteiger charge is 2.50. The van der Waals surface area contributed by atoms with Crippen molar-refractivity contribution in [1.82, 2.24) is 0 Å². The van der Waals surface area contributed by atoms with Crippen molar-refractivity contribution in [2.24, 2.45) is 0 Å². The highest BCUT2D eigenvalue weighted by Crippen LogP contribution is 2.28. The van der Waals surface area contributed by atoms with Crippen LogP contribution in [0.25, 0.3) is 0 Å². The summed E-state index contributed by atoms with van der Waals surface area (Å²) in [5.41, 5.74) is 1.04. The molecule has 1 aliphatic heterocycles. The highest BCUT2D eigenvalue weighted by molar-refractivity contribution is 8.13. The average molecular weight is 238 g/mol. The Morgan fingerprint density at radius 3 is 2.50 bits per heavy atom. The van der Waals surface area contributed by atoms with Crippen LogP contribution in [0.4, 0.5) is 0 Å². The standard InChI is InChI=1S/C11H10O4S/c12-10(13)8-9(15-8)11(14)16-6-7-4-2-1-3-5-7/h1-5,8-9H,6H2,(H,12,13). The minimum Gasteiger partial charge on any atom is -0.479 e. The Morgan fingerprint density at radius 2 is 1.94 bits per heavy atom. The highest BCUT2D eigenvalue weighted by atomic mass is 32.2. The minimum absolute atomic E-state index is 0.212. The van der Waals surface area contributed by atoms with Gasteiger partial charge in [0, 0.05) is 5.75 Å². The Balaban J connectivity index is 1.80. The number of hydrogen-bond donors (Lipinski definition) is 1. The summed E-state index contributed by atoms with van der Waals surface area (Å²) in [7, 11) is 0. The average Bonchev–Trinajstić information content (AvgIpc) is 3.07. The van der Waals surface area contributed by atoms with Crippen LogP contribution in [0.1, 0.15) is 5.56 Å². The molecule has 0 spiro atoms. The molecule has 0 radical (unpaired) electrons. The van der Waals surface area contributed by atoms with Crippen molar-refractivity contribution in [2.75, 3.05) is 0 Å². The zero-order chi connectivity index (χ0) is 11.5. The first-order valence-electron chi connectivity index (χ1n) is 4.77. The summed E-state index contributed by atoms with van der Waals surface area (Å²) in [6.07, 6.45) is -1.69. The van der Waals surface area contributed by atoms with Gasteiger partial charge in [-0.25, -0.2) is 4.79 Å². The molecule has 5 heteroatoms. The fourth-order valence-electron chi connectivity index (χ4n) is 1.29. The van der Waals surface area contributed by atoms with E-state index in [1.807, 2.05) is 30.3 Å². The van der Waals surface area contributed by atoms with Gasteiger partial charge in [-0.15, -0.1) is 0 Å². The van der Waals surface area contributed by atoms with Gasteiger partial charge in [0.1, 0.15) is 0 Å². The molecule has 1 N–H and O–H groups in total. The second kappa shape index (κ2) is 4.67. The van der Waals surface area contributed by atoms with Crippen molar-refractivity contribution in [3.8, 4) is 0 Å². The SMILES string of the molecule is O=C(O)C1OC1C(=O)SCc1ccccc1. The van der Waals surface area contributed by atoms with Crippen LogP contribution >= 0.6 is 11.8 Å². The lowest BCUT2D eigenvalue weighted by Gasteiger charge is -1.98. The van der Waals surface area contributed by atoms with Gasteiger partial charge >= 0.3 is 5.97 Å². The fraction of sp³-hybridized carbons (Fsp3) is 0.273. The number of carboxylic acids is 1. The smallest absolute Gasteiger partial charge is 0.336 e. The fourth-order valence-corrected chi connectivity index (χ4v) is 2.14. The summed E-state index contributed by atoms with van der Waals surface area (Å²) in [5, 5.41) is 8.36. The first-order chi connectivity index (χ1) is 7.68. The molecule has 4 nitrogen and oxygen atoms in total. The first-order valence-corrected chi connectivity index (χ1v) is 5.76. The van der Waals surface area contributed by atoms with E-state index >= 15 is 0 Å². The van der Waals surface area contributed by atoms with Gasteiger partial charge in [0.25, 0.3) is 0 Å². The van der Waals surface area contributed by atoms with E-state index < -0.39 is 18.2 Å². The predicted molar refractivity (Wildman–Crippen MR) is 59.0 cm³/mol. The summed E-state index contributed by atoms with van der Waals surface area (Å²) in [4.78, 5) is 21.9. The second-order valence-electron chi connectivity index (χ2n) is 3.41. The van der Waals surface area contributed by atoms with Crippen LogP contribution in [0.5, 0.6) is 0 Å². The molecule has 0 amide bonds. The van der Waals surface area contributed by atoms with Gasteiger partial charge in [0.2, 0.25) is 5.12 Å². The van der Waals surface area contributed by atoms with Crippen LogP contribution in [0.2, 0.25) is 0 Å². The molecule has 0 aliphatic carbocycles. The maximum Gasteiger partial charge on any atom is 0.336 e. The predicted octanol–water partition coefficient (Wildman–Crippen LogP) is 1.30. The molecular formula is C11H10O4S. The number of benzene rings is 1. The number of carbonyl (C=O) groups excluding carboxylic acids is 1. The van der Waals surface area contributed by atoms with Gasteiger partial charge in [0.05, 0.1) is 0 Å². The molecule has 0 aromatic heterocycles. The summed E-state index contributed by atoms with van der Waals surface area (Å²) < 4.78 is 4.76. The normalized spacial score (nSPS) is 22.8. The zero-order valence-electron chi connectivity index (χ0n) is 8.33. The molecular weight excluding hydrogens is 228 g/mol. The van der Waals surface area contributed by atoms with Gasteiger partial charge in [-0.3, -0.25) is 4.79 Å². The van der Waals surface area contributed by atoms with E-state index in [0.717, 1.165) is 17.3 Å². The number of thioether (sulfide) groups is 1. The quantitative estimate of drug-likeness (QED) is 0.801. The third kappa shape index (κ3) is 2.62. The van der Waals surface area contributed by atoms with Crippen LogP contribution < -0.4 is 0 Å². The number of rotatable bonds is 4. The van der Waals surface area contributed by atoms with Gasteiger partial charge < -0.3 is 9.84 Å². The van der Waals surface area contributed by atoms with Crippen LogP contribution in [-0.4, -0.2) is 28.4 Å². The Kier molecular flexibility index (Phi) is 3.26. The van der Waals surface area contributed by atoms with E-state index in [2.05, 4.69) is 0 Å². The molecule has 84 valence electrons. The van der Waals surface area contributed by atoms with Gasteiger partial charge in [0.15, 0.2) is 12.2 Å². The maximum atomic E-state index is 11.5. The lowest BCUT2D eigenvalue weighted by atomic mass is 10.2. The van der Waals surface area contributed by atoms with E-state index in [4.69, 9.17) is 9.84 Å². The number of hydrogen-bond acceptors (Lipinski definition) is 4. The molecule has 1 fully saturated rings. The Morgan fingerprint density at radius 1 is 1.25 bits per heavy atom. The summed E-state index contributed by atoms with van der Waals surface area (Å²) in [6.45, 7) is 0. The first kappa shape index (κ1) is 11.2. The van der Waals surface area contributed by atoms with E-state index in [9.17, 15) is 9.59 Å². The van der Waals surface area contributed by atoms with E-state index in [1.54, 1.807) is 0 Å². The van der Waals surface area contributed by atoms with Crippen molar-refractivity contribution < 1.29 is 19.4 Å². The summed E-state index contributed by atoms with van der Waals surface area (Å²) >= 11 is 1.09. The number of aliphatic carboxylic acids is 1. The molecule has 2 unspecified atom stereocenters. The van der Waals surface area contributed by atoms with Crippen molar-refractivity contribution in [3.63, 3.8) is 0 Å². The molecule has 1 aliphatic rings. The summed E-state index contributed by atoms with van der Waals surface area (Å²) in [6, 6.07) is 9.54. The van der Waals surface area contributed by atoms with Crippen molar-refractivity contribution in [1.29, 1.82) is 0 Å². The van der Waals surface area contributed by atoms with Crippen molar-refractivity contribution in [2.45, 2.75) is 18.0 Å². The Labute approximate surface area is 96.6 Å². The molecule has 0 saturated carbocycles.